The van der Waals surface area contributed by atoms with Crippen LogP contribution in [0, 0.1) is 0 Å². The van der Waals surface area contributed by atoms with Crippen LogP contribution < -0.4 is 5.32 Å². The number of rotatable bonds is 5. The number of nitrogens with zero attached hydrogens (tertiary/aromatic N) is 1. The van der Waals surface area contributed by atoms with Crippen LogP contribution in [-0.2, 0) is 16.1 Å². The minimum Gasteiger partial charge on any atom is -0.363 e. The first-order chi connectivity index (χ1) is 9.41. The summed E-state index contributed by atoms with van der Waals surface area (Å²) in [6, 6.07) is 5.40. The molecule has 1 N–H and O–H groups in total. The second-order valence-corrected chi connectivity index (χ2v) is 6.09. The van der Waals surface area contributed by atoms with Crippen molar-refractivity contribution in [1.82, 2.24) is 10.2 Å². The highest BCUT2D eigenvalue weighted by atomic mass is 35.5. The predicted octanol–water partition coefficient (Wildman–Crippen LogP) is 2.33. The van der Waals surface area contributed by atoms with Crippen LogP contribution in [0.4, 0.5) is 0 Å². The van der Waals surface area contributed by atoms with Crippen molar-refractivity contribution in [2.45, 2.75) is 19.1 Å². The van der Waals surface area contributed by atoms with Crippen molar-refractivity contribution < 1.29 is 9.53 Å². The normalized spacial score (nSPS) is 16.6. The number of ether oxygens (including phenoxy) is 1. The summed E-state index contributed by atoms with van der Waals surface area (Å²) >= 11 is 12.1. The Kier molecular flexibility index (Phi) is 4.91. The van der Waals surface area contributed by atoms with Crippen molar-refractivity contribution in [1.29, 1.82) is 0 Å². The van der Waals surface area contributed by atoms with E-state index in [0.717, 1.165) is 18.7 Å². The second kappa shape index (κ2) is 6.31. The van der Waals surface area contributed by atoms with Crippen LogP contribution in [0.15, 0.2) is 18.2 Å². The van der Waals surface area contributed by atoms with E-state index >= 15 is 0 Å². The Morgan fingerprint density at radius 1 is 1.45 bits per heavy atom. The molecule has 110 valence electrons. The van der Waals surface area contributed by atoms with E-state index in [-0.39, 0.29) is 18.1 Å². The molecule has 1 amide bonds. The van der Waals surface area contributed by atoms with Gasteiger partial charge in [-0.2, -0.15) is 0 Å². The molecule has 0 aromatic heterocycles. The zero-order chi connectivity index (χ0) is 14.8. The molecule has 6 heteroatoms. The number of likely N-dealkylation sites (N-methyl/N-ethyl adjacent to an activating group) is 1. The fraction of sp³-hybridized carbons (Fsp3) is 0.500. The lowest BCUT2D eigenvalue weighted by molar-refractivity contribution is -0.145. The monoisotopic (exact) mass is 316 g/mol. The van der Waals surface area contributed by atoms with Gasteiger partial charge in [-0.1, -0.05) is 35.3 Å². The van der Waals surface area contributed by atoms with Gasteiger partial charge in [0.15, 0.2) is 0 Å². The summed E-state index contributed by atoms with van der Waals surface area (Å²) in [6.07, 6.45) is 0. The maximum Gasteiger partial charge on any atom is 0.248 e. The maximum atomic E-state index is 12.0. The van der Waals surface area contributed by atoms with Crippen LogP contribution in [0.2, 0.25) is 10.0 Å². The summed E-state index contributed by atoms with van der Waals surface area (Å²) in [5, 5.41) is 4.11. The molecule has 0 saturated carbocycles. The van der Waals surface area contributed by atoms with Crippen molar-refractivity contribution in [3.8, 4) is 0 Å². The molecular weight excluding hydrogens is 299 g/mol. The van der Waals surface area contributed by atoms with E-state index in [4.69, 9.17) is 27.9 Å². The lowest BCUT2D eigenvalue weighted by atomic mass is 10.0. The Labute approximate surface area is 129 Å². The average molecular weight is 317 g/mol. The minimum absolute atomic E-state index is 0.0748. The molecule has 1 saturated heterocycles. The van der Waals surface area contributed by atoms with Gasteiger partial charge in [0.05, 0.1) is 15.6 Å². The lowest BCUT2D eigenvalue weighted by Crippen LogP contribution is -2.59. The van der Waals surface area contributed by atoms with E-state index in [1.54, 1.807) is 18.0 Å². The molecule has 0 unspecified atom stereocenters. The second-order valence-electron chi connectivity index (χ2n) is 5.30. The molecule has 0 aliphatic carbocycles. The molecule has 1 aliphatic heterocycles. The number of amides is 1. The van der Waals surface area contributed by atoms with Crippen molar-refractivity contribution in [3.63, 3.8) is 0 Å². The Hall–Kier alpha value is -0.810. The average Bonchev–Trinajstić information content (AvgIpc) is 2.39. The van der Waals surface area contributed by atoms with Gasteiger partial charge >= 0.3 is 0 Å². The molecule has 2 rings (SSSR count). The van der Waals surface area contributed by atoms with Gasteiger partial charge in [-0.3, -0.25) is 4.79 Å². The van der Waals surface area contributed by atoms with Gasteiger partial charge in [-0.05, 0) is 18.6 Å². The van der Waals surface area contributed by atoms with Crippen LogP contribution in [0.1, 0.15) is 12.5 Å². The van der Waals surface area contributed by atoms with Gasteiger partial charge < -0.3 is 15.0 Å². The van der Waals surface area contributed by atoms with Crippen molar-refractivity contribution in [3.05, 3.63) is 33.8 Å². The Balaban J connectivity index is 1.88. The molecule has 4 nitrogen and oxygen atoms in total. The predicted molar refractivity (Wildman–Crippen MR) is 80.2 cm³/mol. The standard InChI is InChI=1S/C14H18Cl2N2O2/c1-14(8-17-9-14)20-7-12(19)18(2)6-10-4-3-5-11(15)13(10)16/h3-5,17H,6-9H2,1-2H3. The topological polar surface area (TPSA) is 41.6 Å². The van der Waals surface area contributed by atoms with Gasteiger partial charge in [-0.15, -0.1) is 0 Å². The van der Waals surface area contributed by atoms with E-state index in [2.05, 4.69) is 5.32 Å². The smallest absolute Gasteiger partial charge is 0.248 e. The third kappa shape index (κ3) is 3.64. The molecule has 20 heavy (non-hydrogen) atoms. The number of carbonyl (C=O) groups is 1. The highest BCUT2D eigenvalue weighted by Crippen LogP contribution is 2.26. The van der Waals surface area contributed by atoms with Crippen LogP contribution in [0.5, 0.6) is 0 Å². The zero-order valence-corrected chi connectivity index (χ0v) is 13.1. The summed E-state index contributed by atoms with van der Waals surface area (Å²) < 4.78 is 5.63. The third-order valence-electron chi connectivity index (χ3n) is 3.41. The first-order valence-corrected chi connectivity index (χ1v) is 7.18. The third-order valence-corrected chi connectivity index (χ3v) is 4.26. The molecule has 1 aromatic carbocycles. The zero-order valence-electron chi connectivity index (χ0n) is 11.6. The number of halogens is 2. The summed E-state index contributed by atoms with van der Waals surface area (Å²) in [5.41, 5.74) is 0.607. The number of nitrogens with one attached hydrogen (secondary N) is 1. The highest BCUT2D eigenvalue weighted by Gasteiger charge is 2.33. The molecule has 1 aromatic rings. The first kappa shape index (κ1) is 15.6. The molecular formula is C14H18Cl2N2O2. The SMILES string of the molecule is CN(Cc1cccc(Cl)c1Cl)C(=O)COC1(C)CNC1. The summed E-state index contributed by atoms with van der Waals surface area (Å²) in [4.78, 5) is 13.6. The molecule has 0 radical (unpaired) electrons. The van der Waals surface area contributed by atoms with E-state index in [1.807, 2.05) is 19.1 Å². The van der Waals surface area contributed by atoms with E-state index in [9.17, 15) is 4.79 Å². The van der Waals surface area contributed by atoms with E-state index in [0.29, 0.717) is 16.6 Å². The summed E-state index contributed by atoms with van der Waals surface area (Å²) in [5.74, 6) is -0.0748. The lowest BCUT2D eigenvalue weighted by Gasteiger charge is -2.39. The molecule has 1 aliphatic rings. The van der Waals surface area contributed by atoms with Gasteiger partial charge in [0.25, 0.3) is 0 Å². The number of carbonyl (C=O) groups excluding carboxylic acids is 1. The Morgan fingerprint density at radius 2 is 2.15 bits per heavy atom. The number of hydrogen-bond acceptors (Lipinski definition) is 3. The van der Waals surface area contributed by atoms with Crippen LogP contribution in [-0.4, -0.2) is 43.2 Å². The number of hydrogen-bond donors (Lipinski definition) is 1. The van der Waals surface area contributed by atoms with E-state index < -0.39 is 0 Å². The number of benzene rings is 1. The van der Waals surface area contributed by atoms with Crippen LogP contribution in [0.25, 0.3) is 0 Å². The van der Waals surface area contributed by atoms with Gasteiger partial charge in [-0.25, -0.2) is 0 Å². The van der Waals surface area contributed by atoms with Gasteiger partial charge in [0.1, 0.15) is 6.61 Å². The van der Waals surface area contributed by atoms with Crippen molar-refractivity contribution in [2.24, 2.45) is 0 Å². The minimum atomic E-state index is -0.218. The molecule has 1 fully saturated rings. The Morgan fingerprint density at radius 3 is 2.75 bits per heavy atom. The summed E-state index contributed by atoms with van der Waals surface area (Å²) in [7, 11) is 1.73. The van der Waals surface area contributed by atoms with Gasteiger partial charge in [0, 0.05) is 26.7 Å². The largest absolute Gasteiger partial charge is 0.363 e. The van der Waals surface area contributed by atoms with Crippen molar-refractivity contribution in [2.75, 3.05) is 26.7 Å². The van der Waals surface area contributed by atoms with Crippen LogP contribution >= 0.6 is 23.2 Å². The Bertz CT molecular complexity index is 504. The molecule has 0 spiro atoms. The molecule has 0 atom stereocenters. The van der Waals surface area contributed by atoms with Gasteiger partial charge in [0.2, 0.25) is 5.91 Å². The quantitative estimate of drug-likeness (QED) is 0.906. The highest BCUT2D eigenvalue weighted by molar-refractivity contribution is 6.42. The fourth-order valence-electron chi connectivity index (χ4n) is 1.94. The maximum absolute atomic E-state index is 12.0. The van der Waals surface area contributed by atoms with E-state index in [1.165, 1.54) is 0 Å². The molecule has 0 bridgehead atoms. The fourth-order valence-corrected chi connectivity index (χ4v) is 2.32. The van der Waals surface area contributed by atoms with Crippen LogP contribution in [0.3, 0.4) is 0 Å². The summed E-state index contributed by atoms with van der Waals surface area (Å²) in [6.45, 7) is 4.04. The van der Waals surface area contributed by atoms with Crippen molar-refractivity contribution >= 4 is 29.1 Å². The molecule has 1 heterocycles. The first-order valence-electron chi connectivity index (χ1n) is 6.43.